The summed E-state index contributed by atoms with van der Waals surface area (Å²) in [6, 6.07) is 14.4. The maximum Gasteiger partial charge on any atom is 0.277 e. The lowest BCUT2D eigenvalue weighted by molar-refractivity contribution is -0.374. The highest BCUT2D eigenvalue weighted by molar-refractivity contribution is 5.76. The molecule has 0 unspecified atom stereocenters. The summed E-state index contributed by atoms with van der Waals surface area (Å²) < 4.78 is 13.5. The van der Waals surface area contributed by atoms with Gasteiger partial charge in [-0.3, -0.25) is 10.1 Å². The molecule has 0 spiro atoms. The Hall–Kier alpha value is -2.49. The van der Waals surface area contributed by atoms with Crippen molar-refractivity contribution in [3.8, 4) is 0 Å². The van der Waals surface area contributed by atoms with Crippen LogP contribution in [0, 0.1) is 15.9 Å². The summed E-state index contributed by atoms with van der Waals surface area (Å²) in [6.45, 7) is 0. The molecule has 0 aliphatic rings. The van der Waals surface area contributed by atoms with E-state index < -0.39 is 10.7 Å². The molecule has 0 N–H and O–H groups in total. The monoisotopic (exact) mass is 243 g/mol. The summed E-state index contributed by atoms with van der Waals surface area (Å²) in [4.78, 5) is 10.5. The smallest absolute Gasteiger partial charge is 0.258 e. The van der Waals surface area contributed by atoms with Gasteiger partial charge in [0, 0.05) is 11.6 Å². The molecule has 0 radical (unpaired) electrons. The first-order valence-electron chi connectivity index (χ1n) is 5.34. The lowest BCUT2D eigenvalue weighted by Gasteiger charge is -2.00. The summed E-state index contributed by atoms with van der Waals surface area (Å²) >= 11 is 0. The van der Waals surface area contributed by atoms with Crippen LogP contribution in [-0.4, -0.2) is 4.92 Å². The van der Waals surface area contributed by atoms with E-state index in [0.29, 0.717) is 5.56 Å². The molecular weight excluding hydrogens is 233 g/mol. The second-order valence-electron chi connectivity index (χ2n) is 3.67. The van der Waals surface area contributed by atoms with E-state index in [4.69, 9.17) is 0 Å². The number of nitro groups is 1. The van der Waals surface area contributed by atoms with E-state index in [2.05, 4.69) is 0 Å². The van der Waals surface area contributed by atoms with Crippen molar-refractivity contribution in [2.24, 2.45) is 0 Å². The van der Waals surface area contributed by atoms with E-state index >= 15 is 0 Å². The van der Waals surface area contributed by atoms with Gasteiger partial charge in [0.05, 0.1) is 10.5 Å². The highest BCUT2D eigenvalue weighted by atomic mass is 19.1. The van der Waals surface area contributed by atoms with Gasteiger partial charge < -0.3 is 0 Å². The van der Waals surface area contributed by atoms with Gasteiger partial charge in [0.2, 0.25) is 0 Å². The van der Waals surface area contributed by atoms with Crippen LogP contribution >= 0.6 is 0 Å². The number of hydrogen-bond acceptors (Lipinski definition) is 2. The third-order valence-corrected chi connectivity index (χ3v) is 2.46. The van der Waals surface area contributed by atoms with Crippen LogP contribution < -0.4 is 0 Å². The van der Waals surface area contributed by atoms with E-state index in [-0.39, 0.29) is 11.3 Å². The molecule has 18 heavy (non-hydrogen) atoms. The Bertz CT molecular complexity index is 594. The van der Waals surface area contributed by atoms with E-state index in [1.54, 1.807) is 42.5 Å². The van der Waals surface area contributed by atoms with Crippen molar-refractivity contribution in [2.45, 2.75) is 0 Å². The first-order valence-corrected chi connectivity index (χ1v) is 5.34. The van der Waals surface area contributed by atoms with E-state index in [1.807, 2.05) is 0 Å². The van der Waals surface area contributed by atoms with E-state index in [9.17, 15) is 14.5 Å². The molecule has 2 aromatic carbocycles. The van der Waals surface area contributed by atoms with Crippen molar-refractivity contribution in [3.05, 3.63) is 81.7 Å². The van der Waals surface area contributed by atoms with Crippen molar-refractivity contribution in [1.82, 2.24) is 0 Å². The third kappa shape index (κ3) is 2.60. The van der Waals surface area contributed by atoms with Crippen molar-refractivity contribution < 1.29 is 9.31 Å². The Morgan fingerprint density at radius 2 is 1.67 bits per heavy atom. The molecule has 0 bridgehead atoms. The Morgan fingerprint density at radius 3 is 2.28 bits per heavy atom. The van der Waals surface area contributed by atoms with E-state index in [1.165, 1.54) is 18.2 Å². The molecule has 0 amide bonds. The van der Waals surface area contributed by atoms with Crippen molar-refractivity contribution in [2.75, 3.05) is 0 Å². The number of rotatable bonds is 3. The zero-order chi connectivity index (χ0) is 13.0. The molecule has 0 saturated heterocycles. The first-order chi connectivity index (χ1) is 8.68. The molecule has 2 rings (SSSR count). The molecule has 90 valence electrons. The van der Waals surface area contributed by atoms with Crippen LogP contribution in [0.3, 0.4) is 0 Å². The third-order valence-electron chi connectivity index (χ3n) is 2.46. The fourth-order valence-electron chi connectivity index (χ4n) is 1.59. The fourth-order valence-corrected chi connectivity index (χ4v) is 1.59. The minimum absolute atomic E-state index is 0.124. The van der Waals surface area contributed by atoms with Gasteiger partial charge >= 0.3 is 0 Å². The van der Waals surface area contributed by atoms with Gasteiger partial charge in [-0.1, -0.05) is 36.4 Å². The van der Waals surface area contributed by atoms with Gasteiger partial charge in [0.1, 0.15) is 5.82 Å². The molecule has 0 atom stereocenters. The number of hydrogen-bond donors (Lipinski definition) is 0. The minimum Gasteiger partial charge on any atom is -0.258 e. The first kappa shape index (κ1) is 12.0. The van der Waals surface area contributed by atoms with Crippen LogP contribution in [0.2, 0.25) is 0 Å². The normalized spacial score (nSPS) is 11.3. The highest BCUT2D eigenvalue weighted by Gasteiger charge is 2.14. The number of nitrogens with zero attached hydrogens (tertiary/aromatic N) is 1. The largest absolute Gasteiger partial charge is 0.277 e. The molecule has 0 fully saturated rings. The summed E-state index contributed by atoms with van der Waals surface area (Å²) in [7, 11) is 0. The molecule has 2 aromatic rings. The molecule has 0 aliphatic carbocycles. The van der Waals surface area contributed by atoms with Crippen LogP contribution in [0.4, 0.5) is 4.39 Å². The van der Waals surface area contributed by atoms with Crippen molar-refractivity contribution >= 4 is 11.8 Å². The van der Waals surface area contributed by atoms with Crippen LogP contribution in [0.25, 0.3) is 11.8 Å². The Balaban J connectivity index is 2.50. The average Bonchev–Trinajstić information content (AvgIpc) is 2.38. The maximum absolute atomic E-state index is 13.5. The van der Waals surface area contributed by atoms with E-state index in [0.717, 1.165) is 0 Å². The van der Waals surface area contributed by atoms with Gasteiger partial charge in [-0.15, -0.1) is 0 Å². The standard InChI is InChI=1S/C14H10FNO2/c15-13-9-5-4-8-12(13)10-14(16(17)18)11-6-2-1-3-7-11/h1-10H. The van der Waals surface area contributed by atoms with Crippen molar-refractivity contribution in [1.29, 1.82) is 0 Å². The zero-order valence-electron chi connectivity index (χ0n) is 9.42. The predicted octanol–water partition coefficient (Wildman–Crippen LogP) is 3.60. The molecule has 0 aromatic heterocycles. The van der Waals surface area contributed by atoms with Crippen LogP contribution in [-0.2, 0) is 0 Å². The highest BCUT2D eigenvalue weighted by Crippen LogP contribution is 2.20. The maximum atomic E-state index is 13.5. The quantitative estimate of drug-likeness (QED) is 0.469. The summed E-state index contributed by atoms with van der Waals surface area (Å²) in [5.41, 5.74) is 0.527. The lowest BCUT2D eigenvalue weighted by Crippen LogP contribution is -1.98. The van der Waals surface area contributed by atoms with Gasteiger partial charge in [-0.2, -0.15) is 0 Å². The Morgan fingerprint density at radius 1 is 1.06 bits per heavy atom. The molecule has 0 heterocycles. The molecular formula is C14H10FNO2. The second-order valence-corrected chi connectivity index (χ2v) is 3.67. The second kappa shape index (κ2) is 5.23. The van der Waals surface area contributed by atoms with Crippen LogP contribution in [0.15, 0.2) is 54.6 Å². The predicted molar refractivity (Wildman–Crippen MR) is 67.7 cm³/mol. The SMILES string of the molecule is O=[N+]([O-])C(=Cc1ccccc1F)c1ccccc1. The Kier molecular flexibility index (Phi) is 3.48. The van der Waals surface area contributed by atoms with Gasteiger partial charge in [0.15, 0.2) is 0 Å². The van der Waals surface area contributed by atoms with Crippen LogP contribution in [0.1, 0.15) is 11.1 Å². The molecule has 3 nitrogen and oxygen atoms in total. The lowest BCUT2D eigenvalue weighted by atomic mass is 10.1. The number of halogens is 1. The summed E-state index contributed by atoms with van der Waals surface area (Å²) in [6.07, 6.45) is 1.24. The fraction of sp³-hybridized carbons (Fsp3) is 0. The summed E-state index contributed by atoms with van der Waals surface area (Å²) in [5, 5.41) is 11.0. The van der Waals surface area contributed by atoms with Gasteiger partial charge in [-0.05, 0) is 18.2 Å². The number of benzene rings is 2. The Labute approximate surface area is 103 Å². The van der Waals surface area contributed by atoms with Crippen molar-refractivity contribution in [3.63, 3.8) is 0 Å². The molecule has 0 saturated carbocycles. The zero-order valence-corrected chi connectivity index (χ0v) is 9.42. The topological polar surface area (TPSA) is 43.1 Å². The minimum atomic E-state index is -0.512. The summed E-state index contributed by atoms with van der Waals surface area (Å²) in [5.74, 6) is -0.479. The average molecular weight is 243 g/mol. The van der Waals surface area contributed by atoms with Crippen LogP contribution in [0.5, 0.6) is 0 Å². The molecule has 0 aliphatic heterocycles. The molecule has 4 heteroatoms. The van der Waals surface area contributed by atoms with Gasteiger partial charge in [0.25, 0.3) is 5.70 Å². The van der Waals surface area contributed by atoms with Gasteiger partial charge in [-0.25, -0.2) is 4.39 Å².